The average molecular weight is 438 g/mol. The molecule has 10 heteroatoms. The summed E-state index contributed by atoms with van der Waals surface area (Å²) in [5.41, 5.74) is 5.86. The maximum Gasteiger partial charge on any atom is 0.417 e. The van der Waals surface area contributed by atoms with Crippen LogP contribution >= 0.6 is 11.6 Å². The summed E-state index contributed by atoms with van der Waals surface area (Å²) >= 11 is 5.99. The number of hydrogen-bond donors (Lipinski definition) is 1. The Morgan fingerprint density at radius 1 is 1.20 bits per heavy atom. The lowest BCUT2D eigenvalue weighted by Crippen LogP contribution is -2.42. The Labute approximate surface area is 174 Å². The number of aryl methyl sites for hydroxylation is 1. The number of nitrogens with zero attached hydrogens (tertiary/aromatic N) is 4. The van der Waals surface area contributed by atoms with Gasteiger partial charge in [-0.25, -0.2) is 4.68 Å². The predicted molar refractivity (Wildman–Crippen MR) is 105 cm³/mol. The zero-order valence-electron chi connectivity index (χ0n) is 16.1. The van der Waals surface area contributed by atoms with E-state index in [4.69, 9.17) is 17.3 Å². The number of rotatable bonds is 4. The molecule has 2 fully saturated rings. The standard InChI is InChI=1S/C20H19ClF3N5O/c1-28-17(13-9-26-29(12-5-6-12)18(30)16(13)27-28)19(25,10-2-3-10)11-4-7-14(15(21)8-11)20(22,23)24/h4,7-10,12H,2-3,5-6,25H2,1H3/t19-/m0/s1. The highest BCUT2D eigenvalue weighted by Gasteiger charge is 2.48. The van der Waals surface area contributed by atoms with Crippen molar-refractivity contribution in [2.24, 2.45) is 18.7 Å². The molecule has 0 bridgehead atoms. The van der Waals surface area contributed by atoms with Crippen LogP contribution in [0.3, 0.4) is 0 Å². The largest absolute Gasteiger partial charge is 0.417 e. The highest BCUT2D eigenvalue weighted by molar-refractivity contribution is 6.31. The van der Waals surface area contributed by atoms with E-state index in [1.54, 1.807) is 17.9 Å². The third kappa shape index (κ3) is 2.86. The highest BCUT2D eigenvalue weighted by Crippen LogP contribution is 2.50. The zero-order valence-corrected chi connectivity index (χ0v) is 16.8. The molecule has 2 saturated carbocycles. The van der Waals surface area contributed by atoms with Crippen LogP contribution in [0.4, 0.5) is 13.2 Å². The maximum absolute atomic E-state index is 13.2. The predicted octanol–water partition coefficient (Wildman–Crippen LogP) is 3.75. The minimum absolute atomic E-state index is 0.00485. The van der Waals surface area contributed by atoms with E-state index in [0.29, 0.717) is 16.6 Å². The SMILES string of the molecule is Cn1nc2c(=O)n(C3CC3)ncc2c1[C@@](N)(c1ccc(C(F)(F)F)c(Cl)c1)C1CC1. The van der Waals surface area contributed by atoms with E-state index in [-0.39, 0.29) is 23.0 Å². The Morgan fingerprint density at radius 2 is 1.90 bits per heavy atom. The Hall–Kier alpha value is -2.39. The summed E-state index contributed by atoms with van der Waals surface area (Å²) in [7, 11) is 1.69. The molecule has 3 aromatic rings. The van der Waals surface area contributed by atoms with Crippen molar-refractivity contribution in [2.45, 2.75) is 43.4 Å². The van der Waals surface area contributed by atoms with Gasteiger partial charge in [-0.15, -0.1) is 0 Å². The van der Waals surface area contributed by atoms with Crippen molar-refractivity contribution in [3.63, 3.8) is 0 Å². The Morgan fingerprint density at radius 3 is 2.47 bits per heavy atom. The van der Waals surface area contributed by atoms with Gasteiger partial charge in [-0.05, 0) is 49.3 Å². The van der Waals surface area contributed by atoms with Crippen molar-refractivity contribution in [1.29, 1.82) is 0 Å². The molecular weight excluding hydrogens is 419 g/mol. The zero-order chi connectivity index (χ0) is 21.4. The molecule has 1 atom stereocenters. The topological polar surface area (TPSA) is 78.7 Å². The molecule has 2 heterocycles. The number of fused-ring (bicyclic) bond motifs is 1. The lowest BCUT2D eigenvalue weighted by Gasteiger charge is -2.31. The van der Waals surface area contributed by atoms with Gasteiger partial charge in [0, 0.05) is 7.05 Å². The second kappa shape index (κ2) is 6.31. The van der Waals surface area contributed by atoms with Crippen molar-refractivity contribution < 1.29 is 13.2 Å². The van der Waals surface area contributed by atoms with Gasteiger partial charge >= 0.3 is 6.18 Å². The van der Waals surface area contributed by atoms with Gasteiger partial charge in [0.05, 0.1) is 39.4 Å². The molecule has 2 aliphatic carbocycles. The Balaban J connectivity index is 1.71. The molecule has 158 valence electrons. The van der Waals surface area contributed by atoms with Crippen LogP contribution in [-0.4, -0.2) is 19.6 Å². The molecule has 2 aliphatic rings. The second-order valence-electron chi connectivity index (χ2n) is 8.20. The highest BCUT2D eigenvalue weighted by atomic mass is 35.5. The molecule has 6 nitrogen and oxygen atoms in total. The van der Waals surface area contributed by atoms with E-state index >= 15 is 0 Å². The third-order valence-electron chi connectivity index (χ3n) is 6.06. The van der Waals surface area contributed by atoms with Gasteiger partial charge in [0.15, 0.2) is 5.52 Å². The van der Waals surface area contributed by atoms with Gasteiger partial charge in [0.2, 0.25) is 0 Å². The Bertz CT molecular complexity index is 1230. The molecule has 30 heavy (non-hydrogen) atoms. The first-order chi connectivity index (χ1) is 14.1. The van der Waals surface area contributed by atoms with Crippen LogP contribution in [0.15, 0.2) is 29.2 Å². The van der Waals surface area contributed by atoms with Gasteiger partial charge < -0.3 is 5.73 Å². The molecule has 0 unspecified atom stereocenters. The van der Waals surface area contributed by atoms with Gasteiger partial charge in [0.1, 0.15) is 0 Å². The van der Waals surface area contributed by atoms with Crippen LogP contribution in [0.2, 0.25) is 5.02 Å². The summed E-state index contributed by atoms with van der Waals surface area (Å²) in [6, 6.07) is 3.70. The van der Waals surface area contributed by atoms with E-state index < -0.39 is 22.3 Å². The van der Waals surface area contributed by atoms with Crippen LogP contribution < -0.4 is 11.3 Å². The molecule has 1 aromatic carbocycles. The number of nitrogens with two attached hydrogens (primary N) is 1. The number of aromatic nitrogens is 4. The fourth-order valence-corrected chi connectivity index (χ4v) is 4.57. The molecule has 0 spiro atoms. The lowest BCUT2D eigenvalue weighted by molar-refractivity contribution is -0.137. The lowest BCUT2D eigenvalue weighted by atomic mass is 9.81. The van der Waals surface area contributed by atoms with Crippen LogP contribution in [0.5, 0.6) is 0 Å². The summed E-state index contributed by atoms with van der Waals surface area (Å²) in [6.45, 7) is 0. The van der Waals surface area contributed by atoms with Gasteiger partial charge in [-0.2, -0.15) is 23.4 Å². The van der Waals surface area contributed by atoms with Gasteiger partial charge in [-0.1, -0.05) is 17.7 Å². The summed E-state index contributed by atoms with van der Waals surface area (Å²) in [4.78, 5) is 12.9. The first-order valence-corrected chi connectivity index (χ1v) is 10.1. The van der Waals surface area contributed by atoms with E-state index in [1.807, 2.05) is 0 Å². The Kier molecular flexibility index (Phi) is 4.11. The van der Waals surface area contributed by atoms with E-state index in [0.717, 1.165) is 31.7 Å². The molecule has 0 amide bonds. The van der Waals surface area contributed by atoms with E-state index in [2.05, 4.69) is 10.2 Å². The summed E-state index contributed by atoms with van der Waals surface area (Å²) < 4.78 is 42.5. The average Bonchev–Trinajstić information content (AvgIpc) is 3.57. The first kappa shape index (κ1) is 19.6. The van der Waals surface area contributed by atoms with Gasteiger partial charge in [0.25, 0.3) is 5.56 Å². The van der Waals surface area contributed by atoms with Crippen LogP contribution in [0.25, 0.3) is 10.9 Å². The number of benzene rings is 1. The normalized spacial score (nSPS) is 19.3. The summed E-state index contributed by atoms with van der Waals surface area (Å²) in [6.07, 6.45) is 0.482. The molecule has 2 N–H and O–H groups in total. The fraction of sp³-hybridized carbons (Fsp3) is 0.450. The minimum atomic E-state index is -4.55. The molecular formula is C20H19ClF3N5O. The van der Waals surface area contributed by atoms with Crippen LogP contribution in [-0.2, 0) is 18.8 Å². The number of halogens is 4. The van der Waals surface area contributed by atoms with Crippen molar-refractivity contribution in [2.75, 3.05) is 0 Å². The molecule has 0 saturated heterocycles. The van der Waals surface area contributed by atoms with Crippen molar-refractivity contribution in [3.8, 4) is 0 Å². The quantitative estimate of drug-likeness (QED) is 0.674. The minimum Gasteiger partial charge on any atom is -0.316 e. The van der Waals surface area contributed by atoms with E-state index in [1.165, 1.54) is 16.8 Å². The molecule has 0 aliphatic heterocycles. The second-order valence-corrected chi connectivity index (χ2v) is 8.60. The summed E-state index contributed by atoms with van der Waals surface area (Å²) in [5.74, 6) is -0.00485. The number of alkyl halides is 3. The molecule has 5 rings (SSSR count). The maximum atomic E-state index is 13.2. The first-order valence-electron chi connectivity index (χ1n) is 9.73. The number of hydrogen-bond acceptors (Lipinski definition) is 4. The van der Waals surface area contributed by atoms with Crippen LogP contribution in [0.1, 0.15) is 48.5 Å². The molecule has 0 radical (unpaired) electrons. The van der Waals surface area contributed by atoms with Crippen molar-refractivity contribution >= 4 is 22.5 Å². The summed E-state index contributed by atoms with van der Waals surface area (Å²) in [5, 5.41) is 8.84. The fourth-order valence-electron chi connectivity index (χ4n) is 4.28. The van der Waals surface area contributed by atoms with E-state index in [9.17, 15) is 18.0 Å². The monoisotopic (exact) mass is 437 g/mol. The van der Waals surface area contributed by atoms with Crippen molar-refractivity contribution in [3.05, 3.63) is 56.6 Å². The third-order valence-corrected chi connectivity index (χ3v) is 6.38. The van der Waals surface area contributed by atoms with Crippen LogP contribution in [0, 0.1) is 5.92 Å². The van der Waals surface area contributed by atoms with Gasteiger partial charge in [-0.3, -0.25) is 9.48 Å². The molecule has 2 aromatic heterocycles. The smallest absolute Gasteiger partial charge is 0.316 e. The van der Waals surface area contributed by atoms with Crippen molar-refractivity contribution in [1.82, 2.24) is 19.6 Å².